The number of amides is 2. The number of nitrogens with one attached hydrogen (secondary N) is 1. The first-order valence-electron chi connectivity index (χ1n) is 12.7. The molecule has 1 N–H and O–H groups in total. The van der Waals surface area contributed by atoms with Crippen LogP contribution in [0.5, 0.6) is 0 Å². The summed E-state index contributed by atoms with van der Waals surface area (Å²) in [5, 5.41) is 5.15. The van der Waals surface area contributed by atoms with Gasteiger partial charge in [0.1, 0.15) is 0 Å². The zero-order valence-electron chi connectivity index (χ0n) is 20.7. The van der Waals surface area contributed by atoms with Gasteiger partial charge >= 0.3 is 0 Å². The summed E-state index contributed by atoms with van der Waals surface area (Å²) in [5.74, 6) is -0.420. The van der Waals surface area contributed by atoms with Crippen molar-refractivity contribution in [3.8, 4) is 11.1 Å². The summed E-state index contributed by atoms with van der Waals surface area (Å²) < 4.78 is 9.24. The maximum Gasteiger partial charge on any atom is 0.234 e. The summed E-state index contributed by atoms with van der Waals surface area (Å²) in [6, 6.07) is 10.1. The number of hydrogen-bond donors (Lipinski definition) is 1. The van der Waals surface area contributed by atoms with E-state index < -0.39 is 0 Å². The molecule has 7 nitrogen and oxygen atoms in total. The molecular weight excluding hydrogens is 508 g/mol. The third-order valence-corrected chi connectivity index (χ3v) is 9.55. The van der Waals surface area contributed by atoms with Gasteiger partial charge in [-0.25, -0.2) is 0 Å². The molecule has 2 unspecified atom stereocenters. The van der Waals surface area contributed by atoms with Crippen LogP contribution in [-0.4, -0.2) is 52.1 Å². The second-order valence-electron chi connectivity index (χ2n) is 10.9. The molecule has 3 fully saturated rings. The number of carbonyl (C=O) groups excluding carboxylic acids is 2. The van der Waals surface area contributed by atoms with Gasteiger partial charge in [0.2, 0.25) is 11.8 Å². The average molecular weight is 535 g/mol. The lowest BCUT2D eigenvalue weighted by molar-refractivity contribution is -0.143. The van der Waals surface area contributed by atoms with Gasteiger partial charge in [-0.05, 0) is 35.7 Å². The monoisotopic (exact) mass is 534 g/mol. The first kappa shape index (κ1) is 23.3. The largest absolute Gasteiger partial charge is 0.374 e. The number of hydrogen-bond acceptors (Lipinski definition) is 6. The molecule has 3 atom stereocenters. The van der Waals surface area contributed by atoms with Gasteiger partial charge in [-0.15, -0.1) is 11.3 Å². The Kier molecular flexibility index (Phi) is 5.28. The van der Waals surface area contributed by atoms with E-state index >= 15 is 0 Å². The molecule has 1 saturated carbocycles. The van der Waals surface area contributed by atoms with E-state index in [2.05, 4.69) is 27.1 Å². The van der Waals surface area contributed by atoms with Crippen LogP contribution in [0.2, 0.25) is 5.02 Å². The molecule has 3 aromatic heterocycles. The topological polar surface area (TPSA) is 76.5 Å². The maximum atomic E-state index is 12.9. The van der Waals surface area contributed by atoms with E-state index in [0.717, 1.165) is 56.8 Å². The number of morpholine rings is 1. The van der Waals surface area contributed by atoms with Gasteiger partial charge in [0.05, 0.1) is 53.4 Å². The molecule has 5 heterocycles. The third-order valence-electron chi connectivity index (χ3n) is 8.19. The molecule has 7 rings (SSSR count). The predicted molar refractivity (Wildman–Crippen MR) is 144 cm³/mol. The van der Waals surface area contributed by atoms with Gasteiger partial charge in [-0.2, -0.15) is 0 Å². The van der Waals surface area contributed by atoms with Crippen molar-refractivity contribution in [2.45, 2.75) is 33.0 Å². The highest BCUT2D eigenvalue weighted by Gasteiger charge is 2.72. The number of benzene rings is 1. The van der Waals surface area contributed by atoms with Crippen LogP contribution >= 0.6 is 22.9 Å². The number of piperidine rings is 1. The molecule has 4 aromatic rings. The highest BCUT2D eigenvalue weighted by Crippen LogP contribution is 2.63. The summed E-state index contributed by atoms with van der Waals surface area (Å²) in [5.41, 5.74) is 3.83. The lowest BCUT2D eigenvalue weighted by atomic mass is 10.0. The van der Waals surface area contributed by atoms with Crippen LogP contribution in [0, 0.1) is 17.3 Å². The number of halogens is 1. The summed E-state index contributed by atoms with van der Waals surface area (Å²) >= 11 is 8.17. The normalized spacial score (nSPS) is 24.8. The lowest BCUT2D eigenvalue weighted by Gasteiger charge is -2.24. The number of pyridine rings is 1. The summed E-state index contributed by atoms with van der Waals surface area (Å²) in [6.45, 7) is 7.47. The Hall–Kier alpha value is -2.78. The number of fused-ring (bicyclic) bond motifs is 3. The van der Waals surface area contributed by atoms with Crippen LogP contribution in [0.3, 0.4) is 0 Å². The Labute approximate surface area is 223 Å². The van der Waals surface area contributed by atoms with E-state index in [1.54, 1.807) is 11.3 Å². The number of carbonyl (C=O) groups is 2. The van der Waals surface area contributed by atoms with E-state index in [4.69, 9.17) is 16.3 Å². The summed E-state index contributed by atoms with van der Waals surface area (Å²) in [4.78, 5) is 32.8. The van der Waals surface area contributed by atoms with Crippen LogP contribution in [0.1, 0.15) is 18.7 Å². The Morgan fingerprint density at radius 1 is 1.16 bits per heavy atom. The number of rotatable bonds is 5. The minimum absolute atomic E-state index is 0.0422. The molecule has 3 aliphatic rings. The van der Waals surface area contributed by atoms with E-state index in [0.29, 0.717) is 18.2 Å². The lowest BCUT2D eigenvalue weighted by Crippen LogP contribution is -2.40. The van der Waals surface area contributed by atoms with Crippen molar-refractivity contribution in [2.75, 3.05) is 19.7 Å². The Morgan fingerprint density at radius 3 is 2.73 bits per heavy atom. The van der Waals surface area contributed by atoms with Crippen molar-refractivity contribution in [3.05, 3.63) is 52.6 Å². The first-order chi connectivity index (χ1) is 17.8. The van der Waals surface area contributed by atoms with Crippen LogP contribution in [0.4, 0.5) is 0 Å². The molecular formula is C28H27ClN4O3S. The molecule has 37 heavy (non-hydrogen) atoms. The maximum absolute atomic E-state index is 12.9. The molecule has 190 valence electrons. The van der Waals surface area contributed by atoms with Crippen molar-refractivity contribution in [2.24, 2.45) is 17.3 Å². The van der Waals surface area contributed by atoms with Crippen molar-refractivity contribution in [1.29, 1.82) is 0 Å². The molecule has 0 radical (unpaired) electrons. The highest BCUT2D eigenvalue weighted by molar-refractivity contribution is 7.19. The van der Waals surface area contributed by atoms with Gasteiger partial charge in [0.25, 0.3) is 0 Å². The van der Waals surface area contributed by atoms with Gasteiger partial charge < -0.3 is 14.6 Å². The van der Waals surface area contributed by atoms with Gasteiger partial charge in [0, 0.05) is 51.9 Å². The van der Waals surface area contributed by atoms with Crippen molar-refractivity contribution in [3.63, 3.8) is 0 Å². The summed E-state index contributed by atoms with van der Waals surface area (Å²) in [6.07, 6.45) is 4.01. The number of likely N-dealkylation sites (tertiary alicyclic amines) is 1. The molecule has 0 bridgehead atoms. The van der Waals surface area contributed by atoms with Crippen molar-refractivity contribution < 1.29 is 14.3 Å². The molecule has 1 aliphatic carbocycles. The Bertz CT molecular complexity index is 1560. The number of aromatic nitrogens is 2. The van der Waals surface area contributed by atoms with Crippen LogP contribution in [0.25, 0.3) is 32.2 Å². The molecule has 2 aliphatic heterocycles. The fourth-order valence-corrected chi connectivity index (χ4v) is 7.58. The molecule has 2 amide bonds. The fraction of sp³-hybridized carbons (Fsp3) is 0.393. The van der Waals surface area contributed by atoms with E-state index in [1.807, 2.05) is 44.3 Å². The number of imide groups is 1. The smallest absolute Gasteiger partial charge is 0.234 e. The molecule has 0 spiro atoms. The number of thiophene rings is 1. The second-order valence-corrected chi connectivity index (χ2v) is 12.5. The van der Waals surface area contributed by atoms with Crippen LogP contribution < -0.4 is 5.32 Å². The quantitative estimate of drug-likeness (QED) is 0.376. The fourth-order valence-electron chi connectivity index (χ4n) is 6.22. The predicted octanol–water partition coefficient (Wildman–Crippen LogP) is 4.70. The SMILES string of the molecule is CC1(C)C2C(=O)N(Cc3cc4nccc(-c5cc(Cl)cc6ccn(C[C@H]7CNCCO7)c56)c4s3)C(=O)C21. The zero-order valence-corrected chi connectivity index (χ0v) is 22.2. The van der Waals surface area contributed by atoms with Crippen molar-refractivity contribution in [1.82, 2.24) is 19.8 Å². The zero-order chi connectivity index (χ0) is 25.5. The van der Waals surface area contributed by atoms with Crippen LogP contribution in [-0.2, 0) is 27.4 Å². The molecule has 2 saturated heterocycles. The average Bonchev–Trinajstić information content (AvgIpc) is 3.23. The second kappa shape index (κ2) is 8.36. The van der Waals surface area contributed by atoms with Crippen LogP contribution in [0.15, 0.2) is 42.7 Å². The number of ether oxygens (including phenoxy) is 1. The molecule has 9 heteroatoms. The minimum atomic E-state index is -0.203. The Morgan fingerprint density at radius 2 is 1.97 bits per heavy atom. The minimum Gasteiger partial charge on any atom is -0.374 e. The van der Waals surface area contributed by atoms with E-state index in [9.17, 15) is 9.59 Å². The number of nitrogens with zero attached hydrogens (tertiary/aromatic N) is 3. The highest BCUT2D eigenvalue weighted by atomic mass is 35.5. The first-order valence-corrected chi connectivity index (χ1v) is 13.9. The molecule has 1 aromatic carbocycles. The third kappa shape index (κ3) is 3.65. The Balaban J connectivity index is 1.27. The standard InChI is InChI=1S/C28H27ClN4O3S/c1-28(2)22-23(28)27(35)33(26(22)34)14-18-11-21-25(37-18)19(3-5-31-21)20-10-16(29)9-15-4-7-32(24(15)20)13-17-12-30-6-8-36-17/h3-5,7,9-11,17,22-23,30H,6,8,12-14H2,1-2H3/t17-,22?,23?/m1/s1. The van der Waals surface area contributed by atoms with Gasteiger partial charge in [0.15, 0.2) is 0 Å². The summed E-state index contributed by atoms with van der Waals surface area (Å²) in [7, 11) is 0. The van der Waals surface area contributed by atoms with E-state index in [-0.39, 0.29) is 35.2 Å². The van der Waals surface area contributed by atoms with Gasteiger partial charge in [-0.1, -0.05) is 25.4 Å². The van der Waals surface area contributed by atoms with Gasteiger partial charge in [-0.3, -0.25) is 19.5 Å². The van der Waals surface area contributed by atoms with Crippen molar-refractivity contribution >= 4 is 55.9 Å². The van der Waals surface area contributed by atoms with E-state index in [1.165, 1.54) is 4.90 Å².